The molecule has 146 valence electrons. The van der Waals surface area contributed by atoms with Gasteiger partial charge in [-0.1, -0.05) is 44.2 Å². The Morgan fingerprint density at radius 2 is 1.61 bits per heavy atom. The Balaban J connectivity index is 1.82. The van der Waals surface area contributed by atoms with Crippen LogP contribution in [0.2, 0.25) is 0 Å². The highest BCUT2D eigenvalue weighted by Crippen LogP contribution is 2.31. The molecule has 1 heterocycles. The lowest BCUT2D eigenvalue weighted by atomic mass is 10.0. The van der Waals surface area contributed by atoms with Crippen LogP contribution >= 0.6 is 0 Å². The Morgan fingerprint density at radius 3 is 2.18 bits per heavy atom. The first-order valence-electron chi connectivity index (χ1n) is 9.30. The number of ketones is 1. The van der Waals surface area contributed by atoms with Gasteiger partial charge in [-0.25, -0.2) is 0 Å². The van der Waals surface area contributed by atoms with Crippen LogP contribution in [0.5, 0.6) is 0 Å². The van der Waals surface area contributed by atoms with E-state index in [4.69, 9.17) is 0 Å². The predicted molar refractivity (Wildman–Crippen MR) is 107 cm³/mol. The number of rotatable bonds is 5. The van der Waals surface area contributed by atoms with Gasteiger partial charge in [0.2, 0.25) is 5.91 Å². The molecule has 0 aliphatic carbocycles. The second-order valence-electron chi connectivity index (χ2n) is 7.12. The lowest BCUT2D eigenvalue weighted by Gasteiger charge is -2.36. The van der Waals surface area contributed by atoms with E-state index in [0.717, 1.165) is 0 Å². The van der Waals surface area contributed by atoms with Gasteiger partial charge in [-0.3, -0.25) is 19.7 Å². The zero-order valence-electron chi connectivity index (χ0n) is 16.0. The van der Waals surface area contributed by atoms with Gasteiger partial charge in [0.1, 0.15) is 5.69 Å². The number of benzene rings is 2. The van der Waals surface area contributed by atoms with Crippen LogP contribution in [0.15, 0.2) is 48.5 Å². The minimum absolute atomic E-state index is 0.0656. The summed E-state index contributed by atoms with van der Waals surface area (Å²) in [5.41, 5.74) is 1.16. The molecule has 0 N–H and O–H groups in total. The molecule has 0 radical (unpaired) electrons. The molecular weight excluding hydrogens is 358 g/mol. The van der Waals surface area contributed by atoms with Gasteiger partial charge in [0.15, 0.2) is 5.78 Å². The Morgan fingerprint density at radius 1 is 0.964 bits per heavy atom. The van der Waals surface area contributed by atoms with Crippen LogP contribution < -0.4 is 4.90 Å². The quantitative estimate of drug-likeness (QED) is 0.451. The Bertz CT molecular complexity index is 888. The summed E-state index contributed by atoms with van der Waals surface area (Å²) in [7, 11) is 0. The summed E-state index contributed by atoms with van der Waals surface area (Å²) in [5, 5.41) is 11.6. The van der Waals surface area contributed by atoms with E-state index >= 15 is 0 Å². The van der Waals surface area contributed by atoms with Gasteiger partial charge in [0.05, 0.1) is 4.92 Å². The van der Waals surface area contributed by atoms with Crippen LogP contribution in [0.4, 0.5) is 11.4 Å². The lowest BCUT2D eigenvalue weighted by Crippen LogP contribution is -2.50. The van der Waals surface area contributed by atoms with E-state index in [9.17, 15) is 19.7 Å². The molecule has 0 unspecified atom stereocenters. The second-order valence-corrected chi connectivity index (χ2v) is 7.12. The third-order valence-electron chi connectivity index (χ3n) is 4.90. The van der Waals surface area contributed by atoms with Crippen LogP contribution in [-0.2, 0) is 4.79 Å². The highest BCUT2D eigenvalue weighted by Gasteiger charge is 2.27. The molecule has 2 aromatic carbocycles. The van der Waals surface area contributed by atoms with E-state index in [1.807, 2.05) is 24.8 Å². The first-order valence-corrected chi connectivity index (χ1v) is 9.30. The number of hydrogen-bond donors (Lipinski definition) is 0. The fourth-order valence-corrected chi connectivity index (χ4v) is 3.37. The van der Waals surface area contributed by atoms with Gasteiger partial charge in [-0.15, -0.1) is 0 Å². The molecule has 7 heteroatoms. The number of carbonyl (C=O) groups is 2. The molecule has 0 spiro atoms. The molecule has 2 aromatic rings. The topological polar surface area (TPSA) is 83.8 Å². The molecule has 0 saturated carbocycles. The van der Waals surface area contributed by atoms with Crippen molar-refractivity contribution >= 4 is 23.1 Å². The fraction of sp³-hybridized carbons (Fsp3) is 0.333. The molecular formula is C21H23N3O4. The maximum absolute atomic E-state index is 12.6. The summed E-state index contributed by atoms with van der Waals surface area (Å²) in [6.45, 7) is 5.82. The van der Waals surface area contributed by atoms with Crippen molar-refractivity contribution in [3.63, 3.8) is 0 Å². The van der Waals surface area contributed by atoms with E-state index < -0.39 is 4.92 Å². The average Bonchev–Trinajstić information content (AvgIpc) is 2.73. The number of piperazine rings is 1. The normalized spacial score (nSPS) is 14.2. The minimum Gasteiger partial charge on any atom is -0.362 e. The Labute approximate surface area is 163 Å². The number of carbonyl (C=O) groups excluding carboxylic acids is 2. The number of nitro groups is 1. The number of hydrogen-bond acceptors (Lipinski definition) is 5. The highest BCUT2D eigenvalue weighted by atomic mass is 16.6. The van der Waals surface area contributed by atoms with Crippen molar-refractivity contribution in [2.75, 3.05) is 31.1 Å². The van der Waals surface area contributed by atoms with Crippen molar-refractivity contribution in [2.24, 2.45) is 5.92 Å². The van der Waals surface area contributed by atoms with Gasteiger partial charge < -0.3 is 9.80 Å². The van der Waals surface area contributed by atoms with Crippen LogP contribution in [0.25, 0.3) is 0 Å². The van der Waals surface area contributed by atoms with E-state index in [2.05, 4.69) is 0 Å². The molecule has 1 aliphatic rings. The number of nitro benzene ring substituents is 1. The third-order valence-corrected chi connectivity index (χ3v) is 4.90. The molecule has 3 rings (SSSR count). The van der Waals surface area contributed by atoms with Crippen LogP contribution in [0, 0.1) is 16.0 Å². The first kappa shape index (κ1) is 19.5. The van der Waals surface area contributed by atoms with Gasteiger partial charge in [-0.2, -0.15) is 0 Å². The summed E-state index contributed by atoms with van der Waals surface area (Å²) >= 11 is 0. The molecule has 1 fully saturated rings. The minimum atomic E-state index is -0.456. The summed E-state index contributed by atoms with van der Waals surface area (Å²) in [4.78, 5) is 39.6. The third kappa shape index (κ3) is 4.03. The van der Waals surface area contributed by atoms with Crippen molar-refractivity contribution in [3.8, 4) is 0 Å². The number of amides is 1. The zero-order valence-corrected chi connectivity index (χ0v) is 16.0. The molecule has 1 aliphatic heterocycles. The summed E-state index contributed by atoms with van der Waals surface area (Å²) in [6.07, 6.45) is 0. The molecule has 0 atom stereocenters. The standard InChI is InChI=1S/C21H23N3O4/c1-15(2)21(26)23-12-10-22(11-13-23)18-9-8-17(14-19(18)24(27)28)20(25)16-6-4-3-5-7-16/h3-9,14-15H,10-13H2,1-2H3. The van der Waals surface area contributed by atoms with Gasteiger partial charge in [0, 0.05) is 49.3 Å². The first-order chi connectivity index (χ1) is 13.4. The summed E-state index contributed by atoms with van der Waals surface area (Å²) in [5.74, 6) is -0.218. The second kappa shape index (κ2) is 8.21. The SMILES string of the molecule is CC(C)C(=O)N1CCN(c2ccc(C(=O)c3ccccc3)cc2[N+](=O)[O-])CC1. The zero-order chi connectivity index (χ0) is 20.3. The monoisotopic (exact) mass is 381 g/mol. The highest BCUT2D eigenvalue weighted by molar-refractivity contribution is 6.09. The molecule has 0 bridgehead atoms. The molecule has 7 nitrogen and oxygen atoms in total. The Hall–Kier alpha value is -3.22. The van der Waals surface area contributed by atoms with E-state index in [1.54, 1.807) is 41.3 Å². The molecule has 1 saturated heterocycles. The van der Waals surface area contributed by atoms with Crippen molar-refractivity contribution in [1.82, 2.24) is 4.90 Å². The number of nitrogens with zero attached hydrogens (tertiary/aromatic N) is 3. The largest absolute Gasteiger partial charge is 0.362 e. The summed E-state index contributed by atoms with van der Waals surface area (Å²) in [6, 6.07) is 13.3. The Kier molecular flexibility index (Phi) is 5.73. The van der Waals surface area contributed by atoms with Crippen molar-refractivity contribution in [3.05, 3.63) is 69.8 Å². The molecule has 28 heavy (non-hydrogen) atoms. The van der Waals surface area contributed by atoms with Crippen molar-refractivity contribution < 1.29 is 14.5 Å². The lowest BCUT2D eigenvalue weighted by molar-refractivity contribution is -0.384. The predicted octanol–water partition coefficient (Wildman–Crippen LogP) is 3.13. The van der Waals surface area contributed by atoms with Crippen LogP contribution in [-0.4, -0.2) is 47.7 Å². The van der Waals surface area contributed by atoms with Gasteiger partial charge >= 0.3 is 0 Å². The number of anilines is 1. The van der Waals surface area contributed by atoms with E-state index in [-0.39, 0.29) is 28.9 Å². The molecule has 0 aromatic heterocycles. The van der Waals surface area contributed by atoms with E-state index in [1.165, 1.54) is 6.07 Å². The van der Waals surface area contributed by atoms with Crippen molar-refractivity contribution in [1.29, 1.82) is 0 Å². The molecule has 1 amide bonds. The van der Waals surface area contributed by atoms with Gasteiger partial charge in [0.25, 0.3) is 5.69 Å². The van der Waals surface area contributed by atoms with Crippen LogP contribution in [0.3, 0.4) is 0 Å². The van der Waals surface area contributed by atoms with E-state index in [0.29, 0.717) is 37.4 Å². The van der Waals surface area contributed by atoms with Gasteiger partial charge in [-0.05, 0) is 12.1 Å². The fourth-order valence-electron chi connectivity index (χ4n) is 3.37. The smallest absolute Gasteiger partial charge is 0.293 e. The maximum Gasteiger partial charge on any atom is 0.293 e. The maximum atomic E-state index is 12.6. The summed E-state index contributed by atoms with van der Waals surface area (Å²) < 4.78 is 0. The van der Waals surface area contributed by atoms with Crippen molar-refractivity contribution in [2.45, 2.75) is 13.8 Å². The van der Waals surface area contributed by atoms with Crippen LogP contribution in [0.1, 0.15) is 29.8 Å². The average molecular weight is 381 g/mol.